The van der Waals surface area contributed by atoms with Gasteiger partial charge in [0.25, 0.3) is 0 Å². The maximum absolute atomic E-state index is 2.42. The molecule has 6 aliphatic carbocycles. The molecule has 0 radical (unpaired) electrons. The first-order valence-electron chi connectivity index (χ1n) is 6.69. The fraction of sp³-hybridized carbons (Fsp3) is 1.00. The summed E-state index contributed by atoms with van der Waals surface area (Å²) >= 11 is 0. The molecular formula is C15H26. The number of hydrogen-bond acceptors (Lipinski definition) is 0. The Labute approximate surface area is 94.8 Å². The van der Waals surface area contributed by atoms with Gasteiger partial charge < -0.3 is 0 Å². The molecule has 0 unspecified atom stereocenters. The summed E-state index contributed by atoms with van der Waals surface area (Å²) in [6, 6.07) is 0. The highest BCUT2D eigenvalue weighted by Gasteiger charge is 2.67. The Balaban J connectivity index is 0.0000000971. The molecular weight excluding hydrogens is 180 g/mol. The molecule has 0 saturated heterocycles. The van der Waals surface area contributed by atoms with E-state index in [1.165, 1.54) is 32.1 Å². The van der Waals surface area contributed by atoms with Gasteiger partial charge in [-0.1, -0.05) is 34.6 Å². The van der Waals surface area contributed by atoms with Gasteiger partial charge in [-0.15, -0.1) is 0 Å². The average Bonchev–Trinajstić information content (AvgIpc) is 2.00. The van der Waals surface area contributed by atoms with Gasteiger partial charge in [-0.05, 0) is 59.7 Å². The van der Waals surface area contributed by atoms with Crippen molar-refractivity contribution in [3.63, 3.8) is 0 Å². The maximum atomic E-state index is 2.42. The Bertz CT molecular complexity index is 260. The van der Waals surface area contributed by atoms with Crippen molar-refractivity contribution >= 4 is 0 Å². The monoisotopic (exact) mass is 206 g/mol. The molecule has 0 amide bonds. The summed E-state index contributed by atoms with van der Waals surface area (Å²) in [5.41, 5.74) is 3.23. The Morgan fingerprint density at radius 3 is 1.00 bits per heavy atom. The largest absolute Gasteiger partial charge is 0.0615 e. The van der Waals surface area contributed by atoms with Crippen molar-refractivity contribution < 1.29 is 0 Å². The van der Waals surface area contributed by atoms with E-state index in [1.807, 2.05) is 0 Å². The third-order valence-corrected chi connectivity index (χ3v) is 6.27. The predicted octanol–water partition coefficient (Wildman–Crippen LogP) is 4.64. The smallest absolute Gasteiger partial charge is 0.0284 e. The molecule has 0 spiro atoms. The SMILES string of the molecule is CC12CC(C)(C1)C2.CC1C2(C)CC1(C)C2. The molecule has 6 aliphatic rings. The fourth-order valence-corrected chi connectivity index (χ4v) is 5.92. The van der Waals surface area contributed by atoms with E-state index in [9.17, 15) is 0 Å². The van der Waals surface area contributed by atoms with Gasteiger partial charge in [0.2, 0.25) is 0 Å². The first-order valence-corrected chi connectivity index (χ1v) is 6.69. The summed E-state index contributed by atoms with van der Waals surface area (Å²) in [4.78, 5) is 0. The van der Waals surface area contributed by atoms with Crippen molar-refractivity contribution in [3.05, 3.63) is 0 Å². The Morgan fingerprint density at radius 1 is 0.667 bits per heavy atom. The van der Waals surface area contributed by atoms with Crippen molar-refractivity contribution in [2.75, 3.05) is 0 Å². The minimum atomic E-state index is 0.786. The molecule has 0 nitrogen and oxygen atoms in total. The molecule has 0 atom stereocenters. The molecule has 0 aromatic carbocycles. The van der Waals surface area contributed by atoms with Gasteiger partial charge in [-0.3, -0.25) is 0 Å². The zero-order chi connectivity index (χ0) is 11.1. The van der Waals surface area contributed by atoms with Crippen LogP contribution >= 0.6 is 0 Å². The highest BCUT2D eigenvalue weighted by Crippen LogP contribution is 2.76. The molecule has 6 fully saturated rings. The van der Waals surface area contributed by atoms with Gasteiger partial charge in [0.05, 0.1) is 0 Å². The second-order valence-electron chi connectivity index (χ2n) is 8.53. The molecule has 15 heavy (non-hydrogen) atoms. The first-order chi connectivity index (χ1) is 6.69. The van der Waals surface area contributed by atoms with Gasteiger partial charge in [0.15, 0.2) is 0 Å². The number of hydrogen-bond donors (Lipinski definition) is 0. The van der Waals surface area contributed by atoms with Crippen LogP contribution in [-0.4, -0.2) is 0 Å². The minimum Gasteiger partial charge on any atom is -0.0615 e. The number of rotatable bonds is 0. The topological polar surface area (TPSA) is 0 Å². The molecule has 6 saturated carbocycles. The van der Waals surface area contributed by atoms with E-state index in [-0.39, 0.29) is 0 Å². The lowest BCUT2D eigenvalue weighted by Crippen LogP contribution is -2.65. The van der Waals surface area contributed by atoms with Crippen molar-refractivity contribution in [2.24, 2.45) is 27.6 Å². The quantitative estimate of drug-likeness (QED) is 0.541. The zero-order valence-corrected chi connectivity index (χ0v) is 11.1. The minimum absolute atomic E-state index is 0.786. The average molecular weight is 206 g/mol. The second-order valence-corrected chi connectivity index (χ2v) is 8.53. The van der Waals surface area contributed by atoms with E-state index in [4.69, 9.17) is 0 Å². The molecule has 0 aromatic heterocycles. The standard InChI is InChI=1S/C8H14.C7H12/c1-6-7(2)4-8(6,3)5-7;1-6-3-7(2,4-6)5-6/h6H,4-5H2,1-3H3;3-5H2,1-2H3. The molecule has 6 rings (SSSR count). The lowest BCUT2D eigenvalue weighted by molar-refractivity contribution is -0.246. The highest BCUT2D eigenvalue weighted by molar-refractivity contribution is 5.17. The molecule has 0 heterocycles. The molecule has 4 bridgehead atoms. The predicted molar refractivity (Wildman–Crippen MR) is 64.7 cm³/mol. The Morgan fingerprint density at radius 2 is 1.00 bits per heavy atom. The van der Waals surface area contributed by atoms with Crippen molar-refractivity contribution in [1.29, 1.82) is 0 Å². The van der Waals surface area contributed by atoms with E-state index in [0.29, 0.717) is 0 Å². The van der Waals surface area contributed by atoms with Crippen LogP contribution in [0.25, 0.3) is 0 Å². The van der Waals surface area contributed by atoms with Gasteiger partial charge in [-0.25, -0.2) is 0 Å². The van der Waals surface area contributed by atoms with E-state index >= 15 is 0 Å². The zero-order valence-electron chi connectivity index (χ0n) is 11.1. The van der Waals surface area contributed by atoms with E-state index in [0.717, 1.165) is 27.6 Å². The molecule has 0 N–H and O–H groups in total. The summed E-state index contributed by atoms with van der Waals surface area (Å²) < 4.78 is 0. The van der Waals surface area contributed by atoms with Crippen LogP contribution in [0.1, 0.15) is 66.7 Å². The van der Waals surface area contributed by atoms with Crippen molar-refractivity contribution in [1.82, 2.24) is 0 Å². The van der Waals surface area contributed by atoms with Crippen LogP contribution in [-0.2, 0) is 0 Å². The van der Waals surface area contributed by atoms with E-state index in [2.05, 4.69) is 34.6 Å². The third-order valence-electron chi connectivity index (χ3n) is 6.27. The second kappa shape index (κ2) is 2.31. The van der Waals surface area contributed by atoms with E-state index in [1.54, 1.807) is 0 Å². The molecule has 0 aromatic rings. The van der Waals surface area contributed by atoms with Crippen LogP contribution in [0.5, 0.6) is 0 Å². The van der Waals surface area contributed by atoms with Crippen LogP contribution in [0, 0.1) is 27.6 Å². The van der Waals surface area contributed by atoms with Crippen LogP contribution in [0.15, 0.2) is 0 Å². The Kier molecular flexibility index (Phi) is 1.57. The van der Waals surface area contributed by atoms with Crippen molar-refractivity contribution in [2.45, 2.75) is 66.7 Å². The normalized spacial score (nSPS) is 67.4. The van der Waals surface area contributed by atoms with Gasteiger partial charge in [0.1, 0.15) is 0 Å². The summed E-state index contributed by atoms with van der Waals surface area (Å²) in [6.07, 6.45) is 7.54. The Hall–Kier alpha value is 0. The van der Waals surface area contributed by atoms with Crippen LogP contribution < -0.4 is 0 Å². The van der Waals surface area contributed by atoms with Crippen LogP contribution in [0.2, 0.25) is 0 Å². The molecule has 0 heteroatoms. The lowest BCUT2D eigenvalue weighted by atomic mass is 9.31. The summed E-state index contributed by atoms with van der Waals surface area (Å²) in [5, 5.41) is 0. The first kappa shape index (κ1) is 10.2. The van der Waals surface area contributed by atoms with Gasteiger partial charge in [0, 0.05) is 0 Å². The summed E-state index contributed by atoms with van der Waals surface area (Å²) in [6.45, 7) is 12.0. The summed E-state index contributed by atoms with van der Waals surface area (Å²) in [5.74, 6) is 1.02. The van der Waals surface area contributed by atoms with Crippen molar-refractivity contribution in [3.8, 4) is 0 Å². The van der Waals surface area contributed by atoms with Gasteiger partial charge in [-0.2, -0.15) is 0 Å². The highest BCUT2D eigenvalue weighted by atomic mass is 14.7. The lowest BCUT2D eigenvalue weighted by Gasteiger charge is -2.74. The van der Waals surface area contributed by atoms with E-state index < -0.39 is 0 Å². The summed E-state index contributed by atoms with van der Waals surface area (Å²) in [7, 11) is 0. The molecule has 86 valence electrons. The maximum Gasteiger partial charge on any atom is -0.0284 e. The molecule has 0 aliphatic heterocycles. The van der Waals surface area contributed by atoms with Gasteiger partial charge >= 0.3 is 0 Å². The fourth-order valence-electron chi connectivity index (χ4n) is 5.92. The van der Waals surface area contributed by atoms with Crippen LogP contribution in [0.3, 0.4) is 0 Å². The van der Waals surface area contributed by atoms with Crippen LogP contribution in [0.4, 0.5) is 0 Å². The third kappa shape index (κ3) is 1.14.